The van der Waals surface area contributed by atoms with Gasteiger partial charge < -0.3 is 0 Å². The Balaban J connectivity index is 0.000000128. The summed E-state index contributed by atoms with van der Waals surface area (Å²) < 4.78 is 0. The summed E-state index contributed by atoms with van der Waals surface area (Å²) in [5, 5.41) is 89.5. The van der Waals surface area contributed by atoms with Gasteiger partial charge in [0.05, 0.1) is 37.2 Å². The molecule has 7 aliphatic carbocycles. The second kappa shape index (κ2) is 54.2. The summed E-state index contributed by atoms with van der Waals surface area (Å²) in [7, 11) is 0. The molecule has 0 aliphatic heterocycles. The zero-order valence-corrected chi connectivity index (χ0v) is 78.7. The van der Waals surface area contributed by atoms with E-state index in [1.54, 1.807) is 31.0 Å². The van der Waals surface area contributed by atoms with Crippen molar-refractivity contribution in [1.29, 1.82) is 0 Å². The van der Waals surface area contributed by atoms with Crippen LogP contribution < -0.4 is 32.6 Å². The van der Waals surface area contributed by atoms with E-state index in [4.69, 9.17) is 5.10 Å². The van der Waals surface area contributed by atoms with Crippen molar-refractivity contribution in [1.82, 2.24) is 61.2 Å². The molecule has 0 atom stereocenters. The highest BCUT2D eigenvalue weighted by molar-refractivity contribution is 5.97. The first-order valence-corrected chi connectivity index (χ1v) is 50.4. The molecule has 6 aromatic heterocycles. The van der Waals surface area contributed by atoms with Crippen LogP contribution >= 0.6 is 0 Å². The van der Waals surface area contributed by atoms with Gasteiger partial charge in [0.2, 0.25) is 0 Å². The van der Waals surface area contributed by atoms with Gasteiger partial charge in [-0.25, -0.2) is 0 Å². The van der Waals surface area contributed by atoms with Gasteiger partial charge in [0.25, 0.3) is 0 Å². The topological polar surface area (TPSA) is 301 Å². The minimum absolute atomic E-state index is 0.638. The maximum Gasteiger partial charge on any atom is 0.176 e. The Kier molecular flexibility index (Phi) is 39.5. The van der Waals surface area contributed by atoms with Crippen molar-refractivity contribution in [2.45, 2.75) is 310 Å². The van der Waals surface area contributed by atoms with E-state index < -0.39 is 0 Å². The van der Waals surface area contributed by atoms with Gasteiger partial charge in [0.15, 0.2) is 34.9 Å². The molecule has 0 spiro atoms. The first kappa shape index (κ1) is 96.2. The van der Waals surface area contributed by atoms with Crippen LogP contribution in [0.3, 0.4) is 0 Å². The summed E-state index contributed by atoms with van der Waals surface area (Å²) >= 11 is 0. The molecule has 24 heteroatoms. The summed E-state index contributed by atoms with van der Waals surface area (Å²) in [4.78, 5) is 0. The summed E-state index contributed by atoms with van der Waals surface area (Å²) in [6, 6.07) is 48.7. The van der Waals surface area contributed by atoms with E-state index in [0.29, 0.717) is 11.8 Å². The fourth-order valence-electron chi connectivity index (χ4n) is 20.0. The van der Waals surface area contributed by atoms with Gasteiger partial charge >= 0.3 is 0 Å². The molecule has 6 heterocycles. The van der Waals surface area contributed by atoms with Crippen molar-refractivity contribution in [3.8, 4) is 0 Å². The number of benzene rings is 6. The van der Waals surface area contributed by atoms with Gasteiger partial charge in [-0.15, -0.1) is 30.6 Å². The second-order valence-corrected chi connectivity index (χ2v) is 37.4. The third-order valence-electron chi connectivity index (χ3n) is 27.7. The number of hydrazone groups is 6. The molecule has 0 amide bonds. The first-order valence-electron chi connectivity index (χ1n) is 50.4. The zero-order valence-electron chi connectivity index (χ0n) is 78.7. The predicted molar refractivity (Wildman–Crippen MR) is 550 cm³/mol. The molecule has 24 nitrogen and oxygen atoms in total. The van der Waals surface area contributed by atoms with Gasteiger partial charge in [-0.3, -0.25) is 32.6 Å². The molecule has 6 N–H and O–H groups in total. The lowest BCUT2D eigenvalue weighted by Gasteiger charge is -2.28. The lowest BCUT2D eigenvalue weighted by Crippen LogP contribution is -2.23. The highest BCUT2D eigenvalue weighted by Crippen LogP contribution is 2.36. The van der Waals surface area contributed by atoms with E-state index in [9.17, 15) is 0 Å². The van der Waals surface area contributed by atoms with Crippen LogP contribution in [-0.2, 0) is 0 Å². The highest BCUT2D eigenvalue weighted by atomic mass is 15.4. The Labute approximate surface area is 782 Å². The summed E-state index contributed by atoms with van der Waals surface area (Å²) in [6.45, 7) is 6.37. The number of nitrogens with zero attached hydrogens (tertiary/aromatic N) is 18. The molecule has 0 radical (unpaired) electrons. The molecule has 7 saturated carbocycles. The van der Waals surface area contributed by atoms with E-state index >= 15 is 0 Å². The third kappa shape index (κ3) is 30.9. The number of hydrogen-bond acceptors (Lipinski definition) is 24. The Bertz CT molecular complexity index is 5620. The highest BCUT2D eigenvalue weighted by Gasteiger charge is 2.26. The number of rotatable bonds is 28. The molecule has 19 rings (SSSR count). The van der Waals surface area contributed by atoms with E-state index in [1.807, 2.05) is 146 Å². The SMILES string of the molecule is C(/CCCC1CCCCC1)=N/Nc1nncc2ccccc12.C/C(CCC1CCCCC1)=N/Nc1nncc2ccccc12.C/C(CCCC1CCCCC1)=N/Nc1nncc2ccccc12.CC/C(=N/Nc1nncc2ccccc12)C1CCCCC1.c1ccc2c(N/N=C(\CC3CCCCC3)C3CCCCC3)nncc2c1.c1ccc2c(NN=C3CCCCC3)nncc2c1. The molecule has 6 aromatic carbocycles. The number of fused-ring (bicyclic) bond motifs is 6. The summed E-state index contributed by atoms with van der Waals surface area (Å²) in [6.07, 6.45) is 72.0. The standard InChI is InChI=1S/C22H30N4.C19H26N4.2C18H24N4.C17H22N4.C14H16N4/c1-3-9-17(10-4-1)15-21(18-11-5-2-6-12-18)24-26-22-20-14-8-7-13-19(20)16-23-25-22;1-15(8-7-11-16-9-3-2-4-10-16)21-23-19-18-13-6-5-12-17(18)14-20-22-19;1-14(11-12-15-7-3-2-4-8-15)20-22-18-17-10-6-5-9-16(17)13-19-21-18;1-2-8-15(9-3-1)10-6-7-13-19-21-18-17-12-5-4-11-16(17)14-20-22-18;1-2-16(13-8-4-3-5-9-13)19-21-17-15-11-7-6-10-14(15)12-18-20-17;1-2-7-12(8-3-1)16-18-14-13-9-5-4-6-11(13)10-15-17-14/h7-8,13-14,16-18H,1-6,9-12,15H2,(H,25,26);5-6,12-14,16H,2-4,7-11H2,1H3,(H,22,23);5-6,9-10,13,15H,2-4,7-8,11-12H2,1H3,(H,21,22);4-5,11-15H,1-3,6-10H2,(H,21,22);6-7,10-13H,2-5,8-9H2,1H3,(H,20,21);4-6,9-10H,1-3,7-8H2,(H,17,18)/b24-21+;21-15-;20-14-;19-13-;19-16-;. The number of anilines is 6. The average molecular weight is 1780 g/mol. The number of aromatic nitrogens is 12. The number of nitrogens with one attached hydrogen (secondary N) is 6. The van der Waals surface area contributed by atoms with Gasteiger partial charge in [0.1, 0.15) is 0 Å². The molecule has 694 valence electrons. The predicted octanol–water partition coefficient (Wildman–Crippen LogP) is 28.4. The van der Waals surface area contributed by atoms with Crippen LogP contribution in [0.1, 0.15) is 310 Å². The average Bonchev–Trinajstić information content (AvgIpc) is 0.838. The van der Waals surface area contributed by atoms with Crippen molar-refractivity contribution < 1.29 is 0 Å². The van der Waals surface area contributed by atoms with Crippen molar-refractivity contribution in [2.75, 3.05) is 32.6 Å². The van der Waals surface area contributed by atoms with Crippen LogP contribution in [0, 0.1) is 35.5 Å². The van der Waals surface area contributed by atoms with E-state index in [1.165, 1.54) is 261 Å². The van der Waals surface area contributed by atoms with Crippen LogP contribution in [0.2, 0.25) is 0 Å². The molecule has 0 saturated heterocycles. The van der Waals surface area contributed by atoms with Crippen LogP contribution in [0.15, 0.2) is 213 Å². The Morgan fingerprint density at radius 1 is 0.303 bits per heavy atom. The van der Waals surface area contributed by atoms with Crippen molar-refractivity contribution in [3.05, 3.63) is 183 Å². The van der Waals surface area contributed by atoms with E-state index in [2.05, 4.69) is 152 Å². The van der Waals surface area contributed by atoms with Crippen LogP contribution in [0.25, 0.3) is 64.6 Å². The van der Waals surface area contributed by atoms with Gasteiger partial charge in [0, 0.05) is 99.4 Å². The quantitative estimate of drug-likeness (QED) is 0.0151. The molecule has 7 aliphatic rings. The minimum atomic E-state index is 0.638. The molecular weight excluding hydrogens is 1630 g/mol. The lowest BCUT2D eigenvalue weighted by atomic mass is 9.79. The Morgan fingerprint density at radius 2 is 0.598 bits per heavy atom. The van der Waals surface area contributed by atoms with Gasteiger partial charge in [-0.05, 0) is 152 Å². The third-order valence-corrected chi connectivity index (χ3v) is 27.7. The molecule has 0 bridgehead atoms. The smallest absolute Gasteiger partial charge is 0.176 e. The molecule has 0 unspecified atom stereocenters. The monoisotopic (exact) mass is 1780 g/mol. The fourth-order valence-corrected chi connectivity index (χ4v) is 20.0. The zero-order chi connectivity index (χ0) is 90.5. The second-order valence-electron chi connectivity index (χ2n) is 37.4. The van der Waals surface area contributed by atoms with Gasteiger partial charge in [-0.1, -0.05) is 339 Å². The molecule has 132 heavy (non-hydrogen) atoms. The maximum absolute atomic E-state index is 4.93. The lowest BCUT2D eigenvalue weighted by molar-refractivity contribution is 0.334. The fraction of sp³-hybridized carbons (Fsp3) is 0.500. The Hall–Kier alpha value is -11.8. The number of unbranched alkanes of at least 4 members (excludes halogenated alkanes) is 1. The van der Waals surface area contributed by atoms with Crippen molar-refractivity contribution >= 4 is 134 Å². The first-order chi connectivity index (χ1) is 65.3. The van der Waals surface area contributed by atoms with Crippen LogP contribution in [-0.4, -0.2) is 96.0 Å². The van der Waals surface area contributed by atoms with Crippen molar-refractivity contribution in [2.24, 2.45) is 66.1 Å². The summed E-state index contributed by atoms with van der Waals surface area (Å²) in [5.41, 5.74) is 24.9. The van der Waals surface area contributed by atoms with Crippen LogP contribution in [0.5, 0.6) is 0 Å². The molecule has 12 aromatic rings. The normalized spacial score (nSPS) is 17.3. The van der Waals surface area contributed by atoms with E-state index in [-0.39, 0.29) is 0 Å². The minimum Gasteiger partial charge on any atom is -0.260 e. The van der Waals surface area contributed by atoms with E-state index in [0.717, 1.165) is 180 Å². The molecule has 7 fully saturated rings. The maximum atomic E-state index is 4.93. The number of hydrogen-bond donors (Lipinski definition) is 6. The largest absolute Gasteiger partial charge is 0.260 e. The van der Waals surface area contributed by atoms with Gasteiger partial charge in [-0.2, -0.15) is 61.2 Å². The molecular formula is C108H142N24. The Morgan fingerprint density at radius 3 is 0.977 bits per heavy atom. The summed E-state index contributed by atoms with van der Waals surface area (Å²) in [5.74, 6) is 9.38. The van der Waals surface area contributed by atoms with Crippen LogP contribution in [0.4, 0.5) is 34.9 Å². The van der Waals surface area contributed by atoms with Crippen molar-refractivity contribution in [3.63, 3.8) is 0 Å².